The number of nitrogens with zero attached hydrogens (tertiary/aromatic N) is 1. The minimum Gasteiger partial charge on any atom is -0.368 e. The average molecular weight is 222 g/mol. The quantitative estimate of drug-likeness (QED) is 0.377. The fraction of sp³-hybridized carbons (Fsp3) is 0.583. The van der Waals surface area contributed by atoms with Crippen LogP contribution in [0.1, 0.15) is 39.5 Å². The fourth-order valence-electron chi connectivity index (χ4n) is 1.62. The number of aromatic nitrogens is 1. The van der Waals surface area contributed by atoms with E-state index in [9.17, 15) is 0 Å². The molecule has 0 aliphatic carbocycles. The van der Waals surface area contributed by atoms with Gasteiger partial charge in [-0.2, -0.15) is 0 Å². The van der Waals surface area contributed by atoms with Crippen molar-refractivity contribution in [2.75, 3.05) is 10.7 Å². The van der Waals surface area contributed by atoms with Gasteiger partial charge < -0.3 is 10.7 Å². The van der Waals surface area contributed by atoms with Gasteiger partial charge in [-0.05, 0) is 25.5 Å². The number of hydrogen-bond donors (Lipinski definition) is 3. The second kappa shape index (κ2) is 7.06. The lowest BCUT2D eigenvalue weighted by Gasteiger charge is -2.14. The monoisotopic (exact) mass is 222 g/mol. The van der Waals surface area contributed by atoms with Gasteiger partial charge in [-0.25, -0.2) is 10.8 Å². The van der Waals surface area contributed by atoms with E-state index in [4.69, 9.17) is 5.84 Å². The van der Waals surface area contributed by atoms with Gasteiger partial charge in [0.2, 0.25) is 0 Å². The highest BCUT2D eigenvalue weighted by atomic mass is 15.3. The molecule has 4 N–H and O–H groups in total. The van der Waals surface area contributed by atoms with E-state index in [1.165, 1.54) is 25.7 Å². The van der Waals surface area contributed by atoms with Gasteiger partial charge >= 0.3 is 0 Å². The first-order valence-electron chi connectivity index (χ1n) is 5.96. The largest absolute Gasteiger partial charge is 0.368 e. The van der Waals surface area contributed by atoms with Gasteiger partial charge in [0.1, 0.15) is 11.6 Å². The molecule has 0 amide bonds. The number of nitrogens with two attached hydrogens (primary N) is 1. The second-order valence-electron chi connectivity index (χ2n) is 4.09. The van der Waals surface area contributed by atoms with Crippen LogP contribution in [-0.2, 0) is 0 Å². The van der Waals surface area contributed by atoms with Crippen LogP contribution in [0.3, 0.4) is 0 Å². The highest BCUT2D eigenvalue weighted by Gasteiger charge is 2.02. The van der Waals surface area contributed by atoms with Crippen molar-refractivity contribution >= 4 is 11.6 Å². The molecule has 0 bridgehead atoms. The van der Waals surface area contributed by atoms with Gasteiger partial charge in [0, 0.05) is 6.04 Å². The molecule has 0 aromatic carbocycles. The SMILES string of the molecule is CCCCCC(C)Nc1cccc(NN)n1. The van der Waals surface area contributed by atoms with E-state index in [1.807, 2.05) is 18.2 Å². The summed E-state index contributed by atoms with van der Waals surface area (Å²) in [6.07, 6.45) is 5.00. The third kappa shape index (κ3) is 4.49. The van der Waals surface area contributed by atoms with Crippen LogP contribution < -0.4 is 16.6 Å². The van der Waals surface area contributed by atoms with E-state index < -0.39 is 0 Å². The molecule has 0 aliphatic heterocycles. The summed E-state index contributed by atoms with van der Waals surface area (Å²) in [4.78, 5) is 4.31. The molecular formula is C12H22N4. The lowest BCUT2D eigenvalue weighted by atomic mass is 10.1. The smallest absolute Gasteiger partial charge is 0.142 e. The summed E-state index contributed by atoms with van der Waals surface area (Å²) in [5.41, 5.74) is 2.54. The van der Waals surface area contributed by atoms with Crippen molar-refractivity contribution in [1.29, 1.82) is 0 Å². The van der Waals surface area contributed by atoms with Crippen LogP contribution in [0.25, 0.3) is 0 Å². The molecule has 4 heteroatoms. The van der Waals surface area contributed by atoms with Gasteiger partial charge in [-0.3, -0.25) is 0 Å². The van der Waals surface area contributed by atoms with Crippen LogP contribution in [0.2, 0.25) is 0 Å². The van der Waals surface area contributed by atoms with Crippen LogP contribution >= 0.6 is 0 Å². The summed E-state index contributed by atoms with van der Waals surface area (Å²) >= 11 is 0. The van der Waals surface area contributed by atoms with E-state index >= 15 is 0 Å². The van der Waals surface area contributed by atoms with Crippen LogP contribution in [0.15, 0.2) is 18.2 Å². The molecule has 1 rings (SSSR count). The van der Waals surface area contributed by atoms with Crippen LogP contribution in [0.4, 0.5) is 11.6 Å². The normalized spacial score (nSPS) is 12.2. The fourth-order valence-corrected chi connectivity index (χ4v) is 1.62. The molecule has 0 saturated heterocycles. The zero-order valence-electron chi connectivity index (χ0n) is 10.2. The third-order valence-corrected chi connectivity index (χ3v) is 2.53. The van der Waals surface area contributed by atoms with Crippen LogP contribution in [0.5, 0.6) is 0 Å². The number of nitrogens with one attached hydrogen (secondary N) is 2. The Bertz CT molecular complexity index is 301. The Balaban J connectivity index is 2.39. The van der Waals surface area contributed by atoms with E-state index in [0.29, 0.717) is 11.9 Å². The Kier molecular flexibility index (Phi) is 5.64. The van der Waals surface area contributed by atoms with Crippen molar-refractivity contribution in [1.82, 2.24) is 4.98 Å². The van der Waals surface area contributed by atoms with Crippen molar-refractivity contribution in [3.05, 3.63) is 18.2 Å². The average Bonchev–Trinajstić information content (AvgIpc) is 2.29. The Labute approximate surface area is 97.6 Å². The number of anilines is 2. The molecule has 1 unspecified atom stereocenters. The topological polar surface area (TPSA) is 63.0 Å². The summed E-state index contributed by atoms with van der Waals surface area (Å²) in [6, 6.07) is 6.18. The molecular weight excluding hydrogens is 200 g/mol. The van der Waals surface area contributed by atoms with E-state index in [2.05, 4.69) is 29.6 Å². The van der Waals surface area contributed by atoms with Crippen molar-refractivity contribution in [3.8, 4) is 0 Å². The van der Waals surface area contributed by atoms with Gasteiger partial charge in [-0.1, -0.05) is 32.3 Å². The summed E-state index contributed by atoms with van der Waals surface area (Å²) in [7, 11) is 0. The minimum atomic E-state index is 0.451. The van der Waals surface area contributed by atoms with Crippen molar-refractivity contribution < 1.29 is 0 Å². The molecule has 0 spiro atoms. The predicted octanol–water partition coefficient (Wildman–Crippen LogP) is 2.75. The van der Waals surface area contributed by atoms with Gasteiger partial charge in [0.05, 0.1) is 0 Å². The highest BCUT2D eigenvalue weighted by Crippen LogP contribution is 2.12. The molecule has 90 valence electrons. The Morgan fingerprint density at radius 2 is 2.06 bits per heavy atom. The number of pyridine rings is 1. The molecule has 16 heavy (non-hydrogen) atoms. The third-order valence-electron chi connectivity index (χ3n) is 2.53. The van der Waals surface area contributed by atoms with Gasteiger partial charge in [-0.15, -0.1) is 0 Å². The van der Waals surface area contributed by atoms with E-state index in [-0.39, 0.29) is 0 Å². The van der Waals surface area contributed by atoms with Crippen molar-refractivity contribution in [2.45, 2.75) is 45.6 Å². The maximum Gasteiger partial charge on any atom is 0.142 e. The first-order valence-corrected chi connectivity index (χ1v) is 5.96. The Morgan fingerprint density at radius 3 is 2.75 bits per heavy atom. The lowest BCUT2D eigenvalue weighted by molar-refractivity contribution is 0.614. The standard InChI is InChI=1S/C12H22N4/c1-3-4-5-7-10(2)14-11-8-6-9-12(15-11)16-13/h6,8-10H,3-5,7,13H2,1-2H3,(H2,14,15,16). The van der Waals surface area contributed by atoms with Crippen molar-refractivity contribution in [3.63, 3.8) is 0 Å². The minimum absolute atomic E-state index is 0.451. The van der Waals surface area contributed by atoms with Crippen LogP contribution in [0, 0.1) is 0 Å². The van der Waals surface area contributed by atoms with Gasteiger partial charge in [0.15, 0.2) is 0 Å². The Hall–Kier alpha value is -1.29. The maximum atomic E-state index is 5.31. The summed E-state index contributed by atoms with van der Waals surface area (Å²) < 4.78 is 0. The Morgan fingerprint density at radius 1 is 1.31 bits per heavy atom. The van der Waals surface area contributed by atoms with Crippen LogP contribution in [-0.4, -0.2) is 11.0 Å². The number of hydrazine groups is 1. The van der Waals surface area contributed by atoms with E-state index in [1.54, 1.807) is 0 Å². The van der Waals surface area contributed by atoms with E-state index in [0.717, 1.165) is 5.82 Å². The zero-order valence-corrected chi connectivity index (χ0v) is 10.2. The molecule has 0 fully saturated rings. The lowest BCUT2D eigenvalue weighted by Crippen LogP contribution is -2.17. The highest BCUT2D eigenvalue weighted by molar-refractivity contribution is 5.44. The summed E-state index contributed by atoms with van der Waals surface area (Å²) in [5, 5.41) is 3.37. The molecule has 0 radical (unpaired) electrons. The molecule has 1 aromatic heterocycles. The second-order valence-corrected chi connectivity index (χ2v) is 4.09. The number of hydrogen-bond acceptors (Lipinski definition) is 4. The molecule has 1 atom stereocenters. The van der Waals surface area contributed by atoms with Crippen molar-refractivity contribution in [2.24, 2.45) is 5.84 Å². The predicted molar refractivity (Wildman–Crippen MR) is 69.3 cm³/mol. The van der Waals surface area contributed by atoms with Gasteiger partial charge in [0.25, 0.3) is 0 Å². The number of nitrogen functional groups attached to an aromatic ring is 1. The zero-order chi connectivity index (χ0) is 11.8. The summed E-state index contributed by atoms with van der Waals surface area (Å²) in [5.74, 6) is 6.87. The maximum absolute atomic E-state index is 5.31. The molecule has 1 heterocycles. The molecule has 1 aromatic rings. The molecule has 0 saturated carbocycles. The number of unbranched alkanes of at least 4 members (excludes halogenated alkanes) is 2. The molecule has 4 nitrogen and oxygen atoms in total. The first-order chi connectivity index (χ1) is 7.76. The summed E-state index contributed by atoms with van der Waals surface area (Å²) in [6.45, 7) is 4.40. The molecule has 0 aliphatic rings. The first kappa shape index (κ1) is 12.8. The number of rotatable bonds is 7.